The molecule has 0 unspecified atom stereocenters. The van der Waals surface area contributed by atoms with Crippen molar-refractivity contribution in [2.24, 2.45) is 23.0 Å². The average Bonchev–Trinajstić information content (AvgIpc) is 2.87. The average molecular weight is 364 g/mol. The van der Waals surface area contributed by atoms with E-state index in [2.05, 4.69) is 52.8 Å². The zero-order valence-electron chi connectivity index (χ0n) is 16.0. The molecule has 4 aliphatic rings. The van der Waals surface area contributed by atoms with Crippen LogP contribution in [0, 0.1) is 31.1 Å². The number of benzene rings is 1. The van der Waals surface area contributed by atoms with Crippen molar-refractivity contribution in [2.75, 3.05) is 0 Å². The Labute approximate surface area is 158 Å². The van der Waals surface area contributed by atoms with Crippen molar-refractivity contribution in [1.29, 1.82) is 0 Å². The van der Waals surface area contributed by atoms with E-state index < -0.39 is 0 Å². The molecule has 5 heteroatoms. The van der Waals surface area contributed by atoms with Gasteiger partial charge >= 0.3 is 7.12 Å². The summed E-state index contributed by atoms with van der Waals surface area (Å²) in [4.78, 5) is 0. The summed E-state index contributed by atoms with van der Waals surface area (Å²) in [5.74, 6) is 1.25. The predicted molar refractivity (Wildman–Crippen MR) is 105 cm³/mol. The second-order valence-electron chi connectivity index (χ2n) is 9.12. The number of halogens is 1. The van der Waals surface area contributed by atoms with Gasteiger partial charge in [-0.05, 0) is 74.0 Å². The van der Waals surface area contributed by atoms with Crippen LogP contribution in [0.3, 0.4) is 0 Å². The maximum absolute atomic E-state index is 6.49. The summed E-state index contributed by atoms with van der Waals surface area (Å²) in [6, 6.07) is 6.58. The standard InChI is InChI=1S/C20H30BNO2.ClH/c1-12-6-7-14(8-13(12)2)9-18(22)21-23-17-11-15-10-16(19(15,3)4)20(17,5)24-21;/h6-8,15-18H,9-11,22H2,1-5H3;1H/t15-,16-,17+,18-,20-;/m0./s1. The van der Waals surface area contributed by atoms with Crippen molar-refractivity contribution >= 4 is 19.5 Å². The van der Waals surface area contributed by atoms with Gasteiger partial charge in [0.2, 0.25) is 0 Å². The molecule has 0 aromatic heterocycles. The largest absolute Gasteiger partial charge is 0.475 e. The highest BCUT2D eigenvalue weighted by molar-refractivity contribution is 6.47. The zero-order chi connectivity index (χ0) is 17.3. The highest BCUT2D eigenvalue weighted by atomic mass is 35.5. The van der Waals surface area contributed by atoms with E-state index >= 15 is 0 Å². The molecule has 5 atom stereocenters. The van der Waals surface area contributed by atoms with E-state index in [1.165, 1.54) is 23.1 Å². The first kappa shape index (κ1) is 19.2. The van der Waals surface area contributed by atoms with E-state index in [0.717, 1.165) is 18.8 Å². The maximum Gasteiger partial charge on any atom is 0.475 e. The molecule has 2 bridgehead atoms. The van der Waals surface area contributed by atoms with Gasteiger partial charge in [-0.15, -0.1) is 12.4 Å². The summed E-state index contributed by atoms with van der Waals surface area (Å²) < 4.78 is 12.8. The van der Waals surface area contributed by atoms with E-state index in [1.807, 2.05) is 0 Å². The number of hydrogen-bond acceptors (Lipinski definition) is 3. The summed E-state index contributed by atoms with van der Waals surface area (Å²) in [7, 11) is -0.281. The molecule has 3 nitrogen and oxygen atoms in total. The van der Waals surface area contributed by atoms with Gasteiger partial charge in [-0.2, -0.15) is 0 Å². The third-order valence-corrected chi connectivity index (χ3v) is 7.36. The van der Waals surface area contributed by atoms with Crippen LogP contribution in [0.5, 0.6) is 0 Å². The first-order chi connectivity index (χ1) is 11.2. The number of aryl methyl sites for hydroxylation is 2. The molecule has 2 N–H and O–H groups in total. The van der Waals surface area contributed by atoms with Crippen LogP contribution in [0.4, 0.5) is 0 Å². The number of nitrogens with two attached hydrogens (primary N) is 1. The van der Waals surface area contributed by atoms with Crippen molar-refractivity contribution < 1.29 is 9.31 Å². The van der Waals surface area contributed by atoms with Crippen LogP contribution in [-0.2, 0) is 15.7 Å². The van der Waals surface area contributed by atoms with Gasteiger partial charge in [0.15, 0.2) is 0 Å². The molecule has 5 rings (SSSR count). The Bertz CT molecular complexity index is 667. The summed E-state index contributed by atoms with van der Waals surface area (Å²) in [5.41, 5.74) is 10.6. The Morgan fingerprint density at radius 3 is 2.56 bits per heavy atom. The second-order valence-corrected chi connectivity index (χ2v) is 9.12. The van der Waals surface area contributed by atoms with Gasteiger partial charge < -0.3 is 15.0 Å². The van der Waals surface area contributed by atoms with Gasteiger partial charge in [-0.25, -0.2) is 0 Å². The Balaban J connectivity index is 0.00000182. The van der Waals surface area contributed by atoms with Gasteiger partial charge in [0.05, 0.1) is 11.7 Å². The van der Waals surface area contributed by atoms with E-state index in [4.69, 9.17) is 15.0 Å². The van der Waals surface area contributed by atoms with Crippen LogP contribution < -0.4 is 5.73 Å². The number of hydrogen-bond donors (Lipinski definition) is 1. The van der Waals surface area contributed by atoms with Crippen LogP contribution >= 0.6 is 12.4 Å². The fourth-order valence-electron chi connectivity index (χ4n) is 5.38. The molecule has 0 amide bonds. The molecular weight excluding hydrogens is 332 g/mol. The summed E-state index contributed by atoms with van der Waals surface area (Å²) in [6.45, 7) is 11.3. The van der Waals surface area contributed by atoms with Crippen molar-refractivity contribution in [3.05, 3.63) is 34.9 Å². The molecule has 1 aromatic carbocycles. The predicted octanol–water partition coefficient (Wildman–Crippen LogP) is 3.86. The number of rotatable bonds is 3. The summed E-state index contributed by atoms with van der Waals surface area (Å²) in [6.07, 6.45) is 3.41. The molecule has 138 valence electrons. The third kappa shape index (κ3) is 2.86. The molecule has 3 aliphatic carbocycles. The molecule has 25 heavy (non-hydrogen) atoms. The van der Waals surface area contributed by atoms with Gasteiger partial charge in [-0.1, -0.05) is 32.0 Å². The fraction of sp³-hybridized carbons (Fsp3) is 0.700. The van der Waals surface area contributed by atoms with E-state index in [9.17, 15) is 0 Å². The normalized spacial score (nSPS) is 36.2. The van der Waals surface area contributed by atoms with Crippen LogP contribution in [0.2, 0.25) is 0 Å². The monoisotopic (exact) mass is 363 g/mol. The molecule has 1 saturated heterocycles. The van der Waals surface area contributed by atoms with Crippen molar-refractivity contribution in [3.63, 3.8) is 0 Å². The Hall–Kier alpha value is -0.545. The first-order valence-corrected chi connectivity index (χ1v) is 9.37. The summed E-state index contributed by atoms with van der Waals surface area (Å²) in [5, 5.41) is 0. The molecule has 4 fully saturated rings. The molecule has 1 aromatic rings. The van der Waals surface area contributed by atoms with Crippen LogP contribution in [-0.4, -0.2) is 24.8 Å². The van der Waals surface area contributed by atoms with E-state index in [-0.39, 0.29) is 37.2 Å². The van der Waals surface area contributed by atoms with Crippen LogP contribution in [0.1, 0.15) is 50.3 Å². The van der Waals surface area contributed by atoms with Gasteiger partial charge in [-0.3, -0.25) is 0 Å². The lowest BCUT2D eigenvalue weighted by Gasteiger charge is -2.64. The Morgan fingerprint density at radius 2 is 1.92 bits per heavy atom. The van der Waals surface area contributed by atoms with Gasteiger partial charge in [0, 0.05) is 5.94 Å². The minimum atomic E-state index is -0.281. The highest BCUT2D eigenvalue weighted by Gasteiger charge is 2.68. The van der Waals surface area contributed by atoms with Crippen LogP contribution in [0.15, 0.2) is 18.2 Å². The van der Waals surface area contributed by atoms with Crippen molar-refractivity contribution in [2.45, 2.75) is 71.5 Å². The molecule has 3 saturated carbocycles. The molecule has 0 spiro atoms. The molecule has 1 heterocycles. The van der Waals surface area contributed by atoms with E-state index in [0.29, 0.717) is 11.3 Å². The van der Waals surface area contributed by atoms with Crippen molar-refractivity contribution in [3.8, 4) is 0 Å². The molecule has 1 aliphatic heterocycles. The molecule has 0 radical (unpaired) electrons. The molecular formula is C20H31BClNO2. The lowest BCUT2D eigenvalue weighted by atomic mass is 9.43. The minimum absolute atomic E-state index is 0. The summed E-state index contributed by atoms with van der Waals surface area (Å²) >= 11 is 0. The zero-order valence-corrected chi connectivity index (χ0v) is 16.9. The lowest BCUT2D eigenvalue weighted by molar-refractivity contribution is -0.199. The van der Waals surface area contributed by atoms with E-state index in [1.54, 1.807) is 0 Å². The highest BCUT2D eigenvalue weighted by Crippen LogP contribution is 2.65. The maximum atomic E-state index is 6.49. The topological polar surface area (TPSA) is 44.5 Å². The smallest absolute Gasteiger partial charge is 0.404 e. The first-order valence-electron chi connectivity index (χ1n) is 9.37. The van der Waals surface area contributed by atoms with Gasteiger partial charge in [0.25, 0.3) is 0 Å². The Morgan fingerprint density at radius 1 is 1.20 bits per heavy atom. The fourth-order valence-corrected chi connectivity index (χ4v) is 5.38. The second kappa shape index (κ2) is 6.26. The lowest BCUT2D eigenvalue weighted by Crippen LogP contribution is -2.65. The minimum Gasteiger partial charge on any atom is -0.404 e. The van der Waals surface area contributed by atoms with Gasteiger partial charge in [0.1, 0.15) is 0 Å². The SMILES string of the molecule is Cc1ccc(C[C@H](N)B2O[C@@H]3C[C@@H]4C[C@@H](C4(C)C)[C@]3(C)O2)cc1C.Cl. The van der Waals surface area contributed by atoms with Crippen LogP contribution in [0.25, 0.3) is 0 Å². The van der Waals surface area contributed by atoms with Crippen molar-refractivity contribution in [1.82, 2.24) is 0 Å². The quantitative estimate of drug-likeness (QED) is 0.829. The third-order valence-electron chi connectivity index (χ3n) is 7.36. The Kier molecular flexibility index (Phi) is 4.82.